The van der Waals surface area contributed by atoms with E-state index in [1.54, 1.807) is 24.3 Å². The van der Waals surface area contributed by atoms with Crippen LogP contribution in [-0.4, -0.2) is 30.6 Å². The lowest BCUT2D eigenvalue weighted by atomic mass is 10.1. The lowest BCUT2D eigenvalue weighted by Crippen LogP contribution is -2.54. The SMILES string of the molecule is COc1cc(/C=C2\C(=O)NC(=S)N(c3cccc(C)c3)C2=O)cc(Br)c1OCC#N. The quantitative estimate of drug-likeness (QED) is 0.395. The van der Waals surface area contributed by atoms with Crippen LogP contribution in [0.4, 0.5) is 5.69 Å². The van der Waals surface area contributed by atoms with Crippen molar-refractivity contribution in [2.45, 2.75) is 6.92 Å². The lowest BCUT2D eigenvalue weighted by Gasteiger charge is -2.29. The third-order valence-electron chi connectivity index (χ3n) is 4.21. The first kappa shape index (κ1) is 21.5. The number of nitriles is 1. The van der Waals surface area contributed by atoms with Gasteiger partial charge in [-0.15, -0.1) is 0 Å². The normalized spacial score (nSPS) is 15.1. The van der Waals surface area contributed by atoms with E-state index in [2.05, 4.69) is 21.2 Å². The zero-order valence-corrected chi connectivity index (χ0v) is 18.5. The summed E-state index contributed by atoms with van der Waals surface area (Å²) in [6.45, 7) is 1.75. The summed E-state index contributed by atoms with van der Waals surface area (Å²) in [4.78, 5) is 26.9. The Balaban J connectivity index is 2.02. The van der Waals surface area contributed by atoms with Crippen LogP contribution in [-0.2, 0) is 9.59 Å². The number of hydrogen-bond acceptors (Lipinski definition) is 6. The highest BCUT2D eigenvalue weighted by Gasteiger charge is 2.34. The number of thiocarbonyl (C=S) groups is 1. The van der Waals surface area contributed by atoms with Gasteiger partial charge in [0.1, 0.15) is 11.6 Å². The number of rotatable bonds is 5. The summed E-state index contributed by atoms with van der Waals surface area (Å²) >= 11 is 8.59. The second-order valence-electron chi connectivity index (χ2n) is 6.28. The molecule has 0 bridgehead atoms. The fourth-order valence-corrected chi connectivity index (χ4v) is 3.75. The molecule has 1 fully saturated rings. The first-order valence-electron chi connectivity index (χ1n) is 8.71. The molecule has 152 valence electrons. The van der Waals surface area contributed by atoms with Gasteiger partial charge in [0.2, 0.25) is 0 Å². The smallest absolute Gasteiger partial charge is 0.270 e. The molecule has 1 saturated heterocycles. The Kier molecular flexibility index (Phi) is 6.50. The van der Waals surface area contributed by atoms with Gasteiger partial charge in [-0.2, -0.15) is 5.26 Å². The average Bonchev–Trinajstić information content (AvgIpc) is 2.70. The van der Waals surface area contributed by atoms with Crippen molar-refractivity contribution in [1.82, 2.24) is 5.32 Å². The third-order valence-corrected chi connectivity index (χ3v) is 5.08. The Labute approximate surface area is 187 Å². The van der Waals surface area contributed by atoms with Crippen molar-refractivity contribution in [1.29, 1.82) is 5.26 Å². The fourth-order valence-electron chi connectivity index (χ4n) is 2.89. The van der Waals surface area contributed by atoms with Gasteiger partial charge in [-0.1, -0.05) is 12.1 Å². The Morgan fingerprint density at radius 1 is 1.30 bits per heavy atom. The molecule has 1 N–H and O–H groups in total. The van der Waals surface area contributed by atoms with Crippen molar-refractivity contribution >= 4 is 56.8 Å². The minimum absolute atomic E-state index is 0.0202. The van der Waals surface area contributed by atoms with Crippen LogP contribution in [0, 0.1) is 18.3 Å². The third kappa shape index (κ3) is 4.35. The van der Waals surface area contributed by atoms with E-state index < -0.39 is 11.8 Å². The Bertz CT molecular complexity index is 1120. The number of benzene rings is 2. The van der Waals surface area contributed by atoms with Crippen LogP contribution in [0.3, 0.4) is 0 Å². The van der Waals surface area contributed by atoms with Crippen LogP contribution in [0.5, 0.6) is 11.5 Å². The van der Waals surface area contributed by atoms with E-state index in [9.17, 15) is 9.59 Å². The standard InChI is InChI=1S/C21H16BrN3O4S/c1-12-4-3-5-14(8-12)25-20(27)15(19(26)24-21(25)30)9-13-10-16(22)18(29-7-6-23)17(11-13)28-2/h3-5,8-11H,7H2,1-2H3,(H,24,26,30)/b15-9+. The van der Waals surface area contributed by atoms with Gasteiger partial charge in [-0.3, -0.25) is 19.8 Å². The van der Waals surface area contributed by atoms with Gasteiger partial charge in [0.05, 0.1) is 17.3 Å². The van der Waals surface area contributed by atoms with Crippen molar-refractivity contribution in [3.8, 4) is 17.6 Å². The summed E-state index contributed by atoms with van der Waals surface area (Å²) in [5, 5.41) is 11.3. The van der Waals surface area contributed by atoms with E-state index in [1.165, 1.54) is 18.1 Å². The second kappa shape index (κ2) is 9.07. The maximum Gasteiger partial charge on any atom is 0.270 e. The number of carbonyl (C=O) groups excluding carboxylic acids is 2. The molecule has 0 atom stereocenters. The van der Waals surface area contributed by atoms with Gasteiger partial charge < -0.3 is 9.47 Å². The number of carbonyl (C=O) groups is 2. The zero-order valence-electron chi connectivity index (χ0n) is 16.1. The molecule has 30 heavy (non-hydrogen) atoms. The molecule has 3 rings (SSSR count). The summed E-state index contributed by atoms with van der Waals surface area (Å²) < 4.78 is 11.2. The summed E-state index contributed by atoms with van der Waals surface area (Å²) in [5.74, 6) is -0.424. The highest BCUT2D eigenvalue weighted by atomic mass is 79.9. The number of hydrogen-bond donors (Lipinski definition) is 1. The van der Waals surface area contributed by atoms with Gasteiger partial charge in [0.15, 0.2) is 23.2 Å². The fraction of sp³-hybridized carbons (Fsp3) is 0.143. The number of halogens is 1. The average molecular weight is 486 g/mol. The van der Waals surface area contributed by atoms with Crippen LogP contribution in [0.1, 0.15) is 11.1 Å². The van der Waals surface area contributed by atoms with Gasteiger partial charge >= 0.3 is 0 Å². The minimum atomic E-state index is -0.589. The molecule has 0 spiro atoms. The lowest BCUT2D eigenvalue weighted by molar-refractivity contribution is -0.122. The van der Waals surface area contributed by atoms with E-state index in [4.69, 9.17) is 27.0 Å². The van der Waals surface area contributed by atoms with E-state index in [0.29, 0.717) is 27.2 Å². The van der Waals surface area contributed by atoms with Crippen LogP contribution in [0.2, 0.25) is 0 Å². The highest BCUT2D eigenvalue weighted by Crippen LogP contribution is 2.37. The largest absolute Gasteiger partial charge is 0.493 e. The number of nitrogens with zero attached hydrogens (tertiary/aromatic N) is 2. The van der Waals surface area contributed by atoms with Crippen LogP contribution >= 0.6 is 28.1 Å². The predicted molar refractivity (Wildman–Crippen MR) is 119 cm³/mol. The summed E-state index contributed by atoms with van der Waals surface area (Å²) in [5.41, 5.74) is 1.96. The number of methoxy groups -OCH3 is 1. The molecular formula is C21H16BrN3O4S. The van der Waals surface area contributed by atoms with Crippen LogP contribution in [0.25, 0.3) is 6.08 Å². The van der Waals surface area contributed by atoms with Crippen molar-refractivity contribution in [3.63, 3.8) is 0 Å². The number of anilines is 1. The molecule has 0 aromatic heterocycles. The van der Waals surface area contributed by atoms with Crippen LogP contribution < -0.4 is 19.7 Å². The Morgan fingerprint density at radius 2 is 2.07 bits per heavy atom. The van der Waals surface area contributed by atoms with Gasteiger partial charge in [-0.05, 0) is 76.5 Å². The first-order chi connectivity index (χ1) is 14.3. The molecule has 0 unspecified atom stereocenters. The predicted octanol–water partition coefficient (Wildman–Crippen LogP) is 3.50. The molecule has 9 heteroatoms. The van der Waals surface area contributed by atoms with Gasteiger partial charge in [0.25, 0.3) is 11.8 Å². The van der Waals surface area contributed by atoms with Crippen molar-refractivity contribution in [3.05, 3.63) is 57.6 Å². The van der Waals surface area contributed by atoms with E-state index in [1.807, 2.05) is 25.1 Å². The van der Waals surface area contributed by atoms with E-state index >= 15 is 0 Å². The Morgan fingerprint density at radius 3 is 2.73 bits per heavy atom. The molecular weight excluding hydrogens is 470 g/mol. The second-order valence-corrected chi connectivity index (χ2v) is 7.52. The molecule has 1 aliphatic heterocycles. The molecule has 2 aromatic rings. The molecule has 0 aliphatic carbocycles. The number of nitrogens with one attached hydrogen (secondary N) is 1. The molecule has 2 amide bonds. The topological polar surface area (TPSA) is 91.7 Å². The molecule has 0 radical (unpaired) electrons. The minimum Gasteiger partial charge on any atom is -0.493 e. The summed E-state index contributed by atoms with van der Waals surface area (Å²) in [7, 11) is 1.45. The molecule has 1 aliphatic rings. The van der Waals surface area contributed by atoms with Gasteiger partial charge in [0, 0.05) is 0 Å². The molecule has 1 heterocycles. The monoisotopic (exact) mass is 485 g/mol. The summed E-state index contributed by atoms with van der Waals surface area (Å²) in [6, 6.07) is 12.4. The Hall–Kier alpha value is -3.22. The molecule has 7 nitrogen and oxygen atoms in total. The van der Waals surface area contributed by atoms with Crippen molar-refractivity contribution < 1.29 is 19.1 Å². The maximum atomic E-state index is 13.1. The van der Waals surface area contributed by atoms with Crippen LogP contribution in [0.15, 0.2) is 46.4 Å². The maximum absolute atomic E-state index is 13.1. The van der Waals surface area contributed by atoms with E-state index in [-0.39, 0.29) is 17.3 Å². The summed E-state index contributed by atoms with van der Waals surface area (Å²) in [6.07, 6.45) is 1.45. The van der Waals surface area contributed by atoms with E-state index in [0.717, 1.165) is 5.56 Å². The molecule has 0 saturated carbocycles. The number of aryl methyl sites for hydroxylation is 1. The first-order valence-corrected chi connectivity index (χ1v) is 9.91. The highest BCUT2D eigenvalue weighted by molar-refractivity contribution is 9.10. The number of ether oxygens (including phenoxy) is 2. The zero-order chi connectivity index (χ0) is 21.8. The molecule has 2 aromatic carbocycles. The number of amides is 2. The van der Waals surface area contributed by atoms with Gasteiger partial charge in [-0.25, -0.2) is 0 Å². The van der Waals surface area contributed by atoms with Crippen molar-refractivity contribution in [2.24, 2.45) is 0 Å². The van der Waals surface area contributed by atoms with Crippen molar-refractivity contribution in [2.75, 3.05) is 18.6 Å².